The molecule has 0 aliphatic heterocycles. The first-order valence-corrected chi connectivity index (χ1v) is 7.69. The molecule has 1 aromatic carbocycles. The van der Waals surface area contributed by atoms with Crippen LogP contribution in [0.5, 0.6) is 0 Å². The molecule has 22 heavy (non-hydrogen) atoms. The monoisotopic (exact) mass is 297 g/mol. The maximum atomic E-state index is 12.1. The SMILES string of the molecule is CC(C)Nc1cncc(C(=O)NCCCc2ccccc2)c1. The van der Waals surface area contributed by atoms with Crippen LogP contribution in [0.2, 0.25) is 0 Å². The van der Waals surface area contributed by atoms with Gasteiger partial charge in [0, 0.05) is 25.0 Å². The van der Waals surface area contributed by atoms with E-state index in [1.165, 1.54) is 5.56 Å². The van der Waals surface area contributed by atoms with Crippen molar-refractivity contribution in [3.05, 3.63) is 59.9 Å². The number of carbonyl (C=O) groups is 1. The smallest absolute Gasteiger partial charge is 0.252 e. The van der Waals surface area contributed by atoms with Gasteiger partial charge in [-0.15, -0.1) is 0 Å². The predicted molar refractivity (Wildman–Crippen MR) is 90.1 cm³/mol. The number of nitrogens with one attached hydrogen (secondary N) is 2. The predicted octanol–water partition coefficient (Wildman–Crippen LogP) is 3.26. The normalized spacial score (nSPS) is 10.5. The Bertz CT molecular complexity index is 596. The van der Waals surface area contributed by atoms with Gasteiger partial charge in [0.05, 0.1) is 11.3 Å². The van der Waals surface area contributed by atoms with E-state index in [1.54, 1.807) is 12.4 Å². The van der Waals surface area contributed by atoms with Crippen LogP contribution in [0, 0.1) is 0 Å². The van der Waals surface area contributed by atoms with Crippen LogP contribution in [0.1, 0.15) is 36.2 Å². The molecule has 1 amide bonds. The Morgan fingerprint density at radius 1 is 1.18 bits per heavy atom. The van der Waals surface area contributed by atoms with Crippen LogP contribution < -0.4 is 10.6 Å². The van der Waals surface area contributed by atoms with Crippen LogP contribution in [0.25, 0.3) is 0 Å². The van der Waals surface area contributed by atoms with Crippen LogP contribution in [0.15, 0.2) is 48.8 Å². The fourth-order valence-corrected chi connectivity index (χ4v) is 2.22. The van der Waals surface area contributed by atoms with Gasteiger partial charge in [-0.2, -0.15) is 0 Å². The minimum Gasteiger partial charge on any atom is -0.382 e. The number of amides is 1. The molecule has 0 spiro atoms. The van der Waals surface area contributed by atoms with Crippen LogP contribution in [-0.4, -0.2) is 23.5 Å². The van der Waals surface area contributed by atoms with E-state index in [0.717, 1.165) is 18.5 Å². The number of aryl methyl sites for hydroxylation is 1. The lowest BCUT2D eigenvalue weighted by Crippen LogP contribution is -2.25. The summed E-state index contributed by atoms with van der Waals surface area (Å²) in [6.45, 7) is 4.77. The Morgan fingerprint density at radius 2 is 1.95 bits per heavy atom. The summed E-state index contributed by atoms with van der Waals surface area (Å²) in [6, 6.07) is 12.4. The van der Waals surface area contributed by atoms with Crippen molar-refractivity contribution in [2.24, 2.45) is 0 Å². The van der Waals surface area contributed by atoms with Gasteiger partial charge in [-0.1, -0.05) is 30.3 Å². The summed E-state index contributed by atoms with van der Waals surface area (Å²) in [4.78, 5) is 16.2. The highest BCUT2D eigenvalue weighted by molar-refractivity contribution is 5.94. The Kier molecular flexibility index (Phi) is 5.95. The molecule has 2 aromatic rings. The minimum absolute atomic E-state index is 0.0760. The van der Waals surface area contributed by atoms with E-state index in [1.807, 2.05) is 24.3 Å². The van der Waals surface area contributed by atoms with Crippen LogP contribution in [-0.2, 0) is 6.42 Å². The largest absolute Gasteiger partial charge is 0.382 e. The van der Waals surface area contributed by atoms with Crippen molar-refractivity contribution in [1.29, 1.82) is 0 Å². The molecule has 2 N–H and O–H groups in total. The molecule has 0 unspecified atom stereocenters. The van der Waals surface area contributed by atoms with E-state index in [-0.39, 0.29) is 5.91 Å². The van der Waals surface area contributed by atoms with Crippen molar-refractivity contribution in [3.63, 3.8) is 0 Å². The van der Waals surface area contributed by atoms with Crippen molar-refractivity contribution in [1.82, 2.24) is 10.3 Å². The summed E-state index contributed by atoms with van der Waals surface area (Å²) in [6.07, 6.45) is 5.21. The summed E-state index contributed by atoms with van der Waals surface area (Å²) >= 11 is 0. The third-order valence-corrected chi connectivity index (χ3v) is 3.23. The summed E-state index contributed by atoms with van der Waals surface area (Å²) in [5.74, 6) is -0.0760. The molecule has 2 rings (SSSR count). The zero-order valence-corrected chi connectivity index (χ0v) is 13.2. The highest BCUT2D eigenvalue weighted by Gasteiger charge is 2.07. The van der Waals surface area contributed by atoms with E-state index in [0.29, 0.717) is 18.2 Å². The second-order valence-corrected chi connectivity index (χ2v) is 5.61. The molecule has 0 radical (unpaired) electrons. The molecular weight excluding hydrogens is 274 g/mol. The Hall–Kier alpha value is -2.36. The fourth-order valence-electron chi connectivity index (χ4n) is 2.22. The van der Waals surface area contributed by atoms with E-state index in [9.17, 15) is 4.79 Å². The van der Waals surface area contributed by atoms with Crippen molar-refractivity contribution < 1.29 is 4.79 Å². The summed E-state index contributed by atoms with van der Waals surface area (Å²) in [7, 11) is 0. The van der Waals surface area contributed by atoms with Crippen molar-refractivity contribution in [2.45, 2.75) is 32.7 Å². The molecule has 0 aliphatic rings. The first-order chi connectivity index (χ1) is 10.6. The molecule has 0 fully saturated rings. The van der Waals surface area contributed by atoms with E-state index in [2.05, 4.69) is 41.6 Å². The van der Waals surface area contributed by atoms with Gasteiger partial charge in [-0.3, -0.25) is 9.78 Å². The number of carbonyl (C=O) groups excluding carboxylic acids is 1. The maximum Gasteiger partial charge on any atom is 0.252 e. The fraction of sp³-hybridized carbons (Fsp3) is 0.333. The molecule has 1 heterocycles. The number of anilines is 1. The number of pyridine rings is 1. The first kappa shape index (κ1) is 16.0. The van der Waals surface area contributed by atoms with Gasteiger partial charge in [-0.25, -0.2) is 0 Å². The van der Waals surface area contributed by atoms with Gasteiger partial charge in [0.2, 0.25) is 0 Å². The van der Waals surface area contributed by atoms with Crippen molar-refractivity contribution in [2.75, 3.05) is 11.9 Å². The molecule has 0 saturated heterocycles. The lowest BCUT2D eigenvalue weighted by Gasteiger charge is -2.11. The third kappa shape index (κ3) is 5.20. The highest BCUT2D eigenvalue weighted by atomic mass is 16.1. The van der Waals surface area contributed by atoms with Gasteiger partial charge < -0.3 is 10.6 Å². The first-order valence-electron chi connectivity index (χ1n) is 7.69. The van der Waals surface area contributed by atoms with Crippen molar-refractivity contribution in [3.8, 4) is 0 Å². The van der Waals surface area contributed by atoms with Crippen LogP contribution in [0.4, 0.5) is 5.69 Å². The topological polar surface area (TPSA) is 54.0 Å². The zero-order chi connectivity index (χ0) is 15.8. The zero-order valence-electron chi connectivity index (χ0n) is 13.2. The quantitative estimate of drug-likeness (QED) is 0.771. The van der Waals surface area contributed by atoms with Gasteiger partial charge in [-0.05, 0) is 38.3 Å². The number of nitrogens with zero attached hydrogens (tertiary/aromatic N) is 1. The standard InChI is InChI=1S/C18H23N3O/c1-14(2)21-17-11-16(12-19-13-17)18(22)20-10-6-9-15-7-4-3-5-8-15/h3-5,7-8,11-14,21H,6,9-10H2,1-2H3,(H,20,22). The Morgan fingerprint density at radius 3 is 2.68 bits per heavy atom. The lowest BCUT2D eigenvalue weighted by molar-refractivity contribution is 0.0953. The Balaban J connectivity index is 1.79. The van der Waals surface area contributed by atoms with Gasteiger partial charge in [0.1, 0.15) is 0 Å². The molecule has 4 nitrogen and oxygen atoms in total. The van der Waals surface area contributed by atoms with E-state index in [4.69, 9.17) is 0 Å². The van der Waals surface area contributed by atoms with Crippen molar-refractivity contribution >= 4 is 11.6 Å². The van der Waals surface area contributed by atoms with E-state index >= 15 is 0 Å². The van der Waals surface area contributed by atoms with Gasteiger partial charge >= 0.3 is 0 Å². The number of hydrogen-bond acceptors (Lipinski definition) is 3. The summed E-state index contributed by atoms with van der Waals surface area (Å²) < 4.78 is 0. The van der Waals surface area contributed by atoms with Crippen LogP contribution >= 0.6 is 0 Å². The maximum absolute atomic E-state index is 12.1. The molecule has 0 bridgehead atoms. The molecule has 1 aromatic heterocycles. The molecule has 0 aliphatic carbocycles. The average molecular weight is 297 g/mol. The average Bonchev–Trinajstić information content (AvgIpc) is 2.52. The minimum atomic E-state index is -0.0760. The van der Waals surface area contributed by atoms with Gasteiger partial charge in [0.25, 0.3) is 5.91 Å². The molecule has 0 saturated carbocycles. The molecule has 0 atom stereocenters. The lowest BCUT2D eigenvalue weighted by atomic mass is 10.1. The number of benzene rings is 1. The van der Waals surface area contributed by atoms with E-state index < -0.39 is 0 Å². The number of rotatable bonds is 7. The highest BCUT2D eigenvalue weighted by Crippen LogP contribution is 2.09. The van der Waals surface area contributed by atoms with Gasteiger partial charge in [0.15, 0.2) is 0 Å². The summed E-state index contributed by atoms with van der Waals surface area (Å²) in [5, 5.41) is 6.19. The number of hydrogen-bond donors (Lipinski definition) is 2. The third-order valence-electron chi connectivity index (χ3n) is 3.23. The molecule has 4 heteroatoms. The summed E-state index contributed by atoms with van der Waals surface area (Å²) in [5.41, 5.74) is 2.75. The second kappa shape index (κ2) is 8.17. The second-order valence-electron chi connectivity index (χ2n) is 5.61. The Labute approximate surface area is 132 Å². The molecular formula is C18H23N3O. The molecule has 116 valence electrons. The van der Waals surface area contributed by atoms with Crippen LogP contribution in [0.3, 0.4) is 0 Å². The number of aromatic nitrogens is 1.